The first-order valence-corrected chi connectivity index (χ1v) is 9.44. The third-order valence-electron chi connectivity index (χ3n) is 5.19. The van der Waals surface area contributed by atoms with Crippen LogP contribution in [0.5, 0.6) is 0 Å². The van der Waals surface area contributed by atoms with Crippen molar-refractivity contribution in [1.29, 1.82) is 0 Å². The second-order valence-corrected chi connectivity index (χ2v) is 7.17. The fourth-order valence-corrected chi connectivity index (χ4v) is 3.79. The topological polar surface area (TPSA) is 36.3 Å². The van der Waals surface area contributed by atoms with E-state index in [-0.39, 0.29) is 19.0 Å². The smallest absolute Gasteiger partial charge is 0.411 e. The lowest BCUT2D eigenvalue weighted by atomic mass is 9.68. The first kappa shape index (κ1) is 18.2. The Kier molecular flexibility index (Phi) is 5.65. The van der Waals surface area contributed by atoms with E-state index in [1.54, 1.807) is 0 Å². The van der Waals surface area contributed by atoms with Crippen LogP contribution < -0.4 is 10.6 Å². The lowest BCUT2D eigenvalue weighted by Crippen LogP contribution is -2.39. The molecule has 0 bridgehead atoms. The quantitative estimate of drug-likeness (QED) is 0.727. The van der Waals surface area contributed by atoms with Gasteiger partial charge in [0, 0.05) is 53.9 Å². The molecular formula is C20H29BN2O2. The molecule has 0 radical (unpaired) electrons. The summed E-state index contributed by atoms with van der Waals surface area (Å²) in [5.41, 5.74) is 1.22. The van der Waals surface area contributed by atoms with Gasteiger partial charge in [-0.3, -0.25) is 4.98 Å². The molecule has 2 aromatic heterocycles. The van der Waals surface area contributed by atoms with Crippen LogP contribution in [0.2, 0.25) is 5.82 Å². The van der Waals surface area contributed by atoms with Gasteiger partial charge in [-0.05, 0) is 31.7 Å². The summed E-state index contributed by atoms with van der Waals surface area (Å²) in [7, 11) is 1.92. The van der Waals surface area contributed by atoms with Crippen molar-refractivity contribution in [3.05, 3.63) is 29.0 Å². The summed E-state index contributed by atoms with van der Waals surface area (Å²) in [6, 6.07) is 2.08. The van der Waals surface area contributed by atoms with Gasteiger partial charge in [-0.1, -0.05) is 32.9 Å². The molecule has 0 saturated carbocycles. The maximum atomic E-state index is 6.37. The highest BCUT2D eigenvalue weighted by molar-refractivity contribution is 6.48. The fourth-order valence-electron chi connectivity index (χ4n) is 3.79. The molecule has 25 heavy (non-hydrogen) atoms. The van der Waals surface area contributed by atoms with Gasteiger partial charge in [-0.15, -0.1) is 0 Å². The molecule has 134 valence electrons. The number of hydrogen-bond acceptors (Lipinski definition) is 3. The molecule has 1 aliphatic carbocycles. The number of aromatic nitrogens is 2. The summed E-state index contributed by atoms with van der Waals surface area (Å²) in [6.45, 7) is 9.30. The van der Waals surface area contributed by atoms with Crippen molar-refractivity contribution < 1.29 is 9.31 Å². The van der Waals surface area contributed by atoms with E-state index in [2.05, 4.69) is 55.6 Å². The molecule has 0 aliphatic heterocycles. The van der Waals surface area contributed by atoms with Crippen LogP contribution >= 0.6 is 0 Å². The van der Waals surface area contributed by atoms with E-state index in [1.807, 2.05) is 19.3 Å². The van der Waals surface area contributed by atoms with Gasteiger partial charge in [0.05, 0.1) is 5.52 Å². The van der Waals surface area contributed by atoms with Crippen LogP contribution in [0.3, 0.4) is 0 Å². The molecule has 2 atom stereocenters. The molecule has 2 aromatic rings. The van der Waals surface area contributed by atoms with Crippen LogP contribution in [-0.2, 0) is 16.4 Å². The molecule has 2 heterocycles. The molecular weight excluding hydrogens is 311 g/mol. The number of nitrogens with zero attached hydrogens (tertiary/aromatic N) is 2. The van der Waals surface area contributed by atoms with Crippen molar-refractivity contribution >= 4 is 30.2 Å². The second-order valence-electron chi connectivity index (χ2n) is 7.17. The van der Waals surface area contributed by atoms with Gasteiger partial charge in [0.15, 0.2) is 0 Å². The van der Waals surface area contributed by atoms with Crippen LogP contribution in [0.4, 0.5) is 0 Å². The maximum absolute atomic E-state index is 6.37. The van der Waals surface area contributed by atoms with E-state index < -0.39 is 0 Å². The standard InChI is InChI=1S/C20H29BN2O2/c1-6-20(14(3)4)25-21(24-7-2)15-8-9-16-17-13-22-11-10-18(17)23(5)19(16)12-15/h9-15,20H,6-8H2,1-5H3. The van der Waals surface area contributed by atoms with E-state index in [9.17, 15) is 0 Å². The average molecular weight is 340 g/mol. The second kappa shape index (κ2) is 7.75. The number of aryl methyl sites for hydroxylation is 1. The largest absolute Gasteiger partial charge is 0.464 e. The number of fused-ring (bicyclic) bond motifs is 3. The van der Waals surface area contributed by atoms with Gasteiger partial charge in [0.1, 0.15) is 0 Å². The Bertz CT molecular complexity index is 843. The van der Waals surface area contributed by atoms with Crippen LogP contribution in [0.25, 0.3) is 23.1 Å². The number of pyridine rings is 1. The minimum Gasteiger partial charge on any atom is -0.411 e. The minimum atomic E-state index is -0.196. The predicted octanol–water partition coefficient (Wildman–Crippen LogP) is 2.88. The third-order valence-corrected chi connectivity index (χ3v) is 5.19. The summed E-state index contributed by atoms with van der Waals surface area (Å²) in [6.07, 6.45) is 10.6. The summed E-state index contributed by atoms with van der Waals surface area (Å²) < 4.78 is 14.6. The Labute approximate surface area is 150 Å². The number of rotatable bonds is 7. The molecule has 0 N–H and O–H groups in total. The third kappa shape index (κ3) is 3.53. The summed E-state index contributed by atoms with van der Waals surface area (Å²) in [4.78, 5) is 4.29. The Morgan fingerprint density at radius 2 is 2.16 bits per heavy atom. The molecule has 0 amide bonds. The molecule has 0 aromatic carbocycles. The maximum Gasteiger partial charge on any atom is 0.464 e. The van der Waals surface area contributed by atoms with Crippen molar-refractivity contribution in [2.24, 2.45) is 13.0 Å². The average Bonchev–Trinajstić information content (AvgIpc) is 2.91. The van der Waals surface area contributed by atoms with E-state index >= 15 is 0 Å². The van der Waals surface area contributed by atoms with Gasteiger partial charge in [0.2, 0.25) is 0 Å². The van der Waals surface area contributed by atoms with Crippen LogP contribution in [0, 0.1) is 5.92 Å². The summed E-state index contributed by atoms with van der Waals surface area (Å²) in [5.74, 6) is 0.719. The zero-order valence-electron chi connectivity index (χ0n) is 16.0. The van der Waals surface area contributed by atoms with Gasteiger partial charge < -0.3 is 13.9 Å². The van der Waals surface area contributed by atoms with Gasteiger partial charge in [-0.25, -0.2) is 0 Å². The highest BCUT2D eigenvalue weighted by Crippen LogP contribution is 2.25. The molecule has 5 heteroatoms. The van der Waals surface area contributed by atoms with Crippen molar-refractivity contribution in [2.75, 3.05) is 6.61 Å². The lowest BCUT2D eigenvalue weighted by molar-refractivity contribution is 0.0986. The Hall–Kier alpha value is -1.59. The number of hydrogen-bond donors (Lipinski definition) is 0. The van der Waals surface area contributed by atoms with Gasteiger partial charge in [-0.2, -0.15) is 0 Å². The van der Waals surface area contributed by atoms with E-state index in [0.29, 0.717) is 12.5 Å². The Morgan fingerprint density at radius 1 is 1.36 bits per heavy atom. The highest BCUT2D eigenvalue weighted by atomic mass is 16.6. The summed E-state index contributed by atoms with van der Waals surface area (Å²) in [5, 5.41) is 3.75. The van der Waals surface area contributed by atoms with Crippen molar-refractivity contribution in [1.82, 2.24) is 9.55 Å². The van der Waals surface area contributed by atoms with Gasteiger partial charge >= 0.3 is 7.12 Å². The fraction of sp³-hybridized carbons (Fsp3) is 0.550. The van der Waals surface area contributed by atoms with E-state index in [4.69, 9.17) is 9.31 Å². The van der Waals surface area contributed by atoms with E-state index in [1.165, 1.54) is 21.5 Å². The molecule has 0 spiro atoms. The SMILES string of the molecule is CCOB(OC(CC)C(C)C)C1C=c2c(c3cnccc3n2C)=CC1. The molecule has 0 saturated heterocycles. The Morgan fingerprint density at radius 3 is 2.84 bits per heavy atom. The predicted molar refractivity (Wildman–Crippen MR) is 105 cm³/mol. The molecule has 2 unspecified atom stereocenters. The zero-order chi connectivity index (χ0) is 18.0. The highest BCUT2D eigenvalue weighted by Gasteiger charge is 2.32. The molecule has 3 rings (SSSR count). The van der Waals surface area contributed by atoms with Crippen LogP contribution in [0.1, 0.15) is 40.5 Å². The van der Waals surface area contributed by atoms with Crippen LogP contribution in [0.15, 0.2) is 18.5 Å². The lowest BCUT2D eigenvalue weighted by Gasteiger charge is -2.28. The van der Waals surface area contributed by atoms with Crippen molar-refractivity contribution in [3.63, 3.8) is 0 Å². The molecule has 1 aliphatic rings. The Balaban J connectivity index is 1.97. The molecule has 0 fully saturated rings. The first-order valence-electron chi connectivity index (χ1n) is 9.44. The summed E-state index contributed by atoms with van der Waals surface area (Å²) >= 11 is 0. The van der Waals surface area contributed by atoms with Crippen molar-refractivity contribution in [3.8, 4) is 0 Å². The first-order chi connectivity index (χ1) is 12.1. The van der Waals surface area contributed by atoms with Crippen LogP contribution in [-0.4, -0.2) is 29.4 Å². The normalized spacial score (nSPS) is 17.9. The van der Waals surface area contributed by atoms with E-state index in [0.717, 1.165) is 12.8 Å². The van der Waals surface area contributed by atoms with Gasteiger partial charge in [0.25, 0.3) is 0 Å². The zero-order valence-corrected chi connectivity index (χ0v) is 16.0. The molecule has 4 nitrogen and oxygen atoms in total. The minimum absolute atomic E-state index is 0.196. The van der Waals surface area contributed by atoms with Crippen molar-refractivity contribution in [2.45, 2.75) is 52.5 Å². The monoisotopic (exact) mass is 340 g/mol.